The van der Waals surface area contributed by atoms with Gasteiger partial charge < -0.3 is 28.3 Å². The second kappa shape index (κ2) is 12.1. The first-order chi connectivity index (χ1) is 21.9. The first-order valence-corrected chi connectivity index (χ1v) is 14.0. The number of benzene rings is 1. The van der Waals surface area contributed by atoms with Gasteiger partial charge in [0.2, 0.25) is 0 Å². The Bertz CT molecular complexity index is 1970. The van der Waals surface area contributed by atoms with Gasteiger partial charge in [0.1, 0.15) is 18.3 Å². The number of carbonyl (C=O) groups is 1. The van der Waals surface area contributed by atoms with Gasteiger partial charge in [0, 0.05) is 50.8 Å². The molecule has 0 unspecified atom stereocenters. The molecule has 4 aromatic heterocycles. The number of aryl methyl sites for hydroxylation is 1. The van der Waals surface area contributed by atoms with Crippen LogP contribution in [0.25, 0.3) is 28.1 Å². The molecule has 242 valence electrons. The number of fused-ring (bicyclic) bond motifs is 2. The summed E-state index contributed by atoms with van der Waals surface area (Å²) in [7, 11) is 1.38. The Morgan fingerprint density at radius 3 is 2.72 bits per heavy atom. The van der Waals surface area contributed by atoms with Crippen molar-refractivity contribution in [2.45, 2.75) is 31.6 Å². The zero-order valence-corrected chi connectivity index (χ0v) is 24.3. The van der Waals surface area contributed by atoms with E-state index in [4.69, 9.17) is 14.6 Å². The summed E-state index contributed by atoms with van der Waals surface area (Å²) in [5.41, 5.74) is 0.787. The fourth-order valence-corrected chi connectivity index (χ4v) is 5.41. The maximum absolute atomic E-state index is 14.7. The Morgan fingerprint density at radius 1 is 1.20 bits per heavy atom. The smallest absolute Gasteiger partial charge is 0.488 e. The SMILES string of the molecule is Cc1oc(=O)oc1OC(=O)N(C)[C@H]1CCN([C@H](c2ccc3nnc(-c4ccc5cc(F)c(OCCO)cc5n4)n3c2)C(F)(F)F)C1. The highest BCUT2D eigenvalue weighted by atomic mass is 19.4. The molecule has 1 N–H and O–H groups in total. The lowest BCUT2D eigenvalue weighted by molar-refractivity contribution is -0.184. The van der Waals surface area contributed by atoms with Crippen molar-refractivity contribution in [1.82, 2.24) is 29.4 Å². The quantitative estimate of drug-likeness (QED) is 0.243. The maximum Gasteiger partial charge on any atom is 0.521 e. The Hall–Kier alpha value is -5.03. The number of halogens is 4. The van der Waals surface area contributed by atoms with Crippen LogP contribution in [0, 0.1) is 12.7 Å². The van der Waals surface area contributed by atoms with Crippen LogP contribution in [0.1, 0.15) is 23.8 Å². The number of ether oxygens (including phenoxy) is 2. The van der Waals surface area contributed by atoms with Gasteiger partial charge in [0.15, 0.2) is 28.8 Å². The monoisotopic (exact) mass is 646 g/mol. The van der Waals surface area contributed by atoms with Crippen molar-refractivity contribution in [3.05, 3.63) is 70.4 Å². The number of aromatic nitrogens is 4. The molecule has 0 spiro atoms. The lowest BCUT2D eigenvalue weighted by Crippen LogP contribution is -2.43. The van der Waals surface area contributed by atoms with E-state index in [-0.39, 0.29) is 67.0 Å². The van der Waals surface area contributed by atoms with Crippen LogP contribution in [-0.2, 0) is 0 Å². The number of aliphatic hydroxyl groups excluding tert-OH is 1. The Balaban J connectivity index is 1.27. The molecule has 0 saturated carbocycles. The van der Waals surface area contributed by atoms with Crippen molar-refractivity contribution >= 4 is 22.6 Å². The zero-order valence-electron chi connectivity index (χ0n) is 24.3. The Labute approximate surface area is 256 Å². The van der Waals surface area contributed by atoms with Crippen molar-refractivity contribution in [3.63, 3.8) is 0 Å². The molecule has 0 radical (unpaired) electrons. The number of hydrogen-bond acceptors (Lipinski definition) is 11. The van der Waals surface area contributed by atoms with Gasteiger partial charge in [0.25, 0.3) is 0 Å². The second-order valence-electron chi connectivity index (χ2n) is 10.6. The number of nitrogens with zero attached hydrogens (tertiary/aromatic N) is 6. The first-order valence-electron chi connectivity index (χ1n) is 14.0. The second-order valence-corrected chi connectivity index (χ2v) is 10.6. The van der Waals surface area contributed by atoms with Gasteiger partial charge in [0.05, 0.1) is 12.1 Å². The minimum atomic E-state index is -4.69. The number of hydrogen-bond donors (Lipinski definition) is 1. The van der Waals surface area contributed by atoms with Gasteiger partial charge in [-0.3, -0.25) is 9.30 Å². The normalized spacial score (nSPS) is 16.3. The van der Waals surface area contributed by atoms with E-state index in [1.807, 2.05) is 0 Å². The molecule has 46 heavy (non-hydrogen) atoms. The maximum atomic E-state index is 14.7. The highest BCUT2D eigenvalue weighted by Gasteiger charge is 2.48. The third-order valence-electron chi connectivity index (χ3n) is 7.65. The van der Waals surface area contributed by atoms with Crippen LogP contribution in [-0.4, -0.2) is 86.2 Å². The number of alkyl halides is 3. The Kier molecular flexibility index (Phi) is 8.11. The molecule has 2 atom stereocenters. The highest BCUT2D eigenvalue weighted by Crippen LogP contribution is 2.40. The van der Waals surface area contributed by atoms with Crippen molar-refractivity contribution in [3.8, 4) is 23.2 Å². The molecule has 1 amide bonds. The molecule has 6 rings (SSSR count). The number of likely N-dealkylation sites (N-methyl/N-ethyl adjacent to an activating group) is 1. The number of aliphatic hydroxyl groups is 1. The zero-order chi connectivity index (χ0) is 32.7. The average Bonchev–Trinajstić information content (AvgIpc) is 3.73. The number of rotatable bonds is 8. The van der Waals surface area contributed by atoms with E-state index in [9.17, 15) is 27.2 Å². The molecule has 1 aliphatic rings. The third-order valence-corrected chi connectivity index (χ3v) is 7.65. The van der Waals surface area contributed by atoms with Crippen LogP contribution in [0.3, 0.4) is 0 Å². The topological polar surface area (TPSA) is 149 Å². The predicted octanol–water partition coefficient (Wildman–Crippen LogP) is 4.12. The van der Waals surface area contributed by atoms with Crippen LogP contribution in [0.4, 0.5) is 22.4 Å². The molecule has 17 heteroatoms. The van der Waals surface area contributed by atoms with E-state index < -0.39 is 41.9 Å². The van der Waals surface area contributed by atoms with E-state index in [1.54, 1.807) is 12.1 Å². The van der Waals surface area contributed by atoms with Crippen LogP contribution in [0.15, 0.2) is 56.2 Å². The molecule has 1 fully saturated rings. The van der Waals surface area contributed by atoms with E-state index in [1.165, 1.54) is 53.7 Å². The van der Waals surface area contributed by atoms with E-state index >= 15 is 0 Å². The summed E-state index contributed by atoms with van der Waals surface area (Å²) < 4.78 is 79.4. The largest absolute Gasteiger partial charge is 0.521 e. The molecule has 1 aliphatic heterocycles. The van der Waals surface area contributed by atoms with Gasteiger partial charge in [-0.05, 0) is 30.2 Å². The van der Waals surface area contributed by atoms with Gasteiger partial charge in [-0.1, -0.05) is 12.1 Å². The fraction of sp³-hybridized carbons (Fsp3) is 0.345. The number of amides is 1. The molecular weight excluding hydrogens is 620 g/mol. The standard InChI is InChI=1S/C29H26F4N6O7/c1-15-26(46-28(42)44-15)45-27(41)37(2)18-7-8-38(14-18)24(29(31,32)33)17-4-6-23-35-36-25(39(23)13-17)20-5-3-16-11-19(30)22(43-10-9-40)12-21(16)34-20/h3-6,11-13,18,24,40H,7-10,14H2,1-2H3/t18-,24+/m0/s1. The molecule has 0 bridgehead atoms. The molecule has 5 aromatic rings. The van der Waals surface area contributed by atoms with Gasteiger partial charge in [-0.15, -0.1) is 10.2 Å². The van der Waals surface area contributed by atoms with Gasteiger partial charge in [-0.2, -0.15) is 13.2 Å². The lowest BCUT2D eigenvalue weighted by atomic mass is 10.1. The van der Waals surface area contributed by atoms with Gasteiger partial charge in [-0.25, -0.2) is 19.0 Å². The Morgan fingerprint density at radius 2 is 2.00 bits per heavy atom. The van der Waals surface area contributed by atoms with Gasteiger partial charge >= 0.3 is 24.0 Å². The van der Waals surface area contributed by atoms with Crippen LogP contribution < -0.4 is 15.3 Å². The van der Waals surface area contributed by atoms with E-state index in [2.05, 4.69) is 24.0 Å². The van der Waals surface area contributed by atoms with Crippen molar-refractivity contribution in [2.24, 2.45) is 0 Å². The number of likely N-dealkylation sites (tertiary alicyclic amines) is 1. The minimum absolute atomic E-state index is 0.0167. The molecule has 13 nitrogen and oxygen atoms in total. The van der Waals surface area contributed by atoms with Crippen LogP contribution in [0.2, 0.25) is 0 Å². The van der Waals surface area contributed by atoms with Crippen LogP contribution >= 0.6 is 0 Å². The van der Waals surface area contributed by atoms with Crippen LogP contribution in [0.5, 0.6) is 11.7 Å². The third kappa shape index (κ3) is 5.97. The molecule has 5 heterocycles. The first kappa shape index (κ1) is 31.0. The summed E-state index contributed by atoms with van der Waals surface area (Å²) in [4.78, 5) is 30.8. The molecule has 0 aliphatic carbocycles. The molecule has 1 saturated heterocycles. The number of pyridine rings is 2. The average molecular weight is 647 g/mol. The van der Waals surface area contributed by atoms with E-state index in [0.717, 1.165) is 4.90 Å². The summed E-state index contributed by atoms with van der Waals surface area (Å²) in [6, 6.07) is 5.80. The number of carbonyl (C=O) groups excluding carboxylic acids is 1. The fourth-order valence-electron chi connectivity index (χ4n) is 5.41. The minimum Gasteiger partial charge on any atom is -0.488 e. The molecular formula is C29H26F4N6O7. The summed E-state index contributed by atoms with van der Waals surface area (Å²) >= 11 is 0. The lowest BCUT2D eigenvalue weighted by Gasteiger charge is -2.31. The van der Waals surface area contributed by atoms with E-state index in [0.29, 0.717) is 10.9 Å². The van der Waals surface area contributed by atoms with Crippen molar-refractivity contribution in [2.75, 3.05) is 33.4 Å². The van der Waals surface area contributed by atoms with Crippen molar-refractivity contribution < 1.29 is 45.8 Å². The summed E-state index contributed by atoms with van der Waals surface area (Å²) in [6.45, 7) is 0.817. The summed E-state index contributed by atoms with van der Waals surface area (Å²) in [5, 5.41) is 17.7. The summed E-state index contributed by atoms with van der Waals surface area (Å²) in [5.74, 6) is -2.12. The summed E-state index contributed by atoms with van der Waals surface area (Å²) in [6.07, 6.45) is -4.09. The molecule has 1 aromatic carbocycles. The highest BCUT2D eigenvalue weighted by molar-refractivity contribution is 5.82. The van der Waals surface area contributed by atoms with Crippen molar-refractivity contribution in [1.29, 1.82) is 0 Å². The predicted molar refractivity (Wildman–Crippen MR) is 151 cm³/mol.